The van der Waals surface area contributed by atoms with Gasteiger partial charge in [0.1, 0.15) is 12.7 Å². The van der Waals surface area contributed by atoms with Crippen molar-refractivity contribution in [3.05, 3.63) is 69.8 Å². The van der Waals surface area contributed by atoms with E-state index in [0.717, 1.165) is 5.56 Å². The lowest BCUT2D eigenvalue weighted by molar-refractivity contribution is -0.385. The van der Waals surface area contributed by atoms with E-state index in [1.807, 2.05) is 25.1 Å². The summed E-state index contributed by atoms with van der Waals surface area (Å²) in [5.41, 5.74) is 1.47. The molecule has 0 aromatic heterocycles. The molecule has 1 N–H and O–H groups in total. The molecule has 2 rings (SSSR count). The fourth-order valence-electron chi connectivity index (χ4n) is 1.83. The molecule has 2 aromatic carbocycles. The van der Waals surface area contributed by atoms with Crippen LogP contribution in [0.2, 0.25) is 0 Å². The molecule has 0 fully saturated rings. The van der Waals surface area contributed by atoms with Crippen molar-refractivity contribution in [3.63, 3.8) is 0 Å². The summed E-state index contributed by atoms with van der Waals surface area (Å²) in [5.74, 6) is 0.171. The van der Waals surface area contributed by atoms with Crippen LogP contribution in [0, 0.1) is 17.0 Å². The van der Waals surface area contributed by atoms with Crippen LogP contribution < -0.4 is 4.74 Å². The lowest BCUT2D eigenvalue weighted by Crippen LogP contribution is -2.10. The van der Waals surface area contributed by atoms with Gasteiger partial charge in [0.25, 0.3) is 0 Å². The van der Waals surface area contributed by atoms with Crippen LogP contribution >= 0.6 is 0 Å². The van der Waals surface area contributed by atoms with Gasteiger partial charge in [-0.05, 0) is 24.1 Å². The van der Waals surface area contributed by atoms with E-state index in [1.54, 1.807) is 24.3 Å². The molecule has 0 bridgehead atoms. The Morgan fingerprint density at radius 2 is 1.95 bits per heavy atom. The van der Waals surface area contributed by atoms with E-state index in [0.29, 0.717) is 5.56 Å². The third kappa shape index (κ3) is 3.33. The van der Waals surface area contributed by atoms with Gasteiger partial charge in [0.2, 0.25) is 0 Å². The zero-order valence-electron chi connectivity index (χ0n) is 11.0. The molecule has 0 aliphatic carbocycles. The van der Waals surface area contributed by atoms with E-state index in [-0.39, 0.29) is 18.0 Å². The third-order valence-electron chi connectivity index (χ3n) is 2.89. The van der Waals surface area contributed by atoms with Crippen molar-refractivity contribution in [2.75, 3.05) is 6.61 Å². The van der Waals surface area contributed by atoms with Gasteiger partial charge in [-0.25, -0.2) is 0 Å². The summed E-state index contributed by atoms with van der Waals surface area (Å²) in [5, 5.41) is 20.9. The zero-order valence-corrected chi connectivity index (χ0v) is 11.0. The van der Waals surface area contributed by atoms with Crippen LogP contribution in [-0.4, -0.2) is 16.6 Å². The number of ether oxygens (including phenoxy) is 1. The summed E-state index contributed by atoms with van der Waals surface area (Å²) in [6.45, 7) is 1.79. The predicted molar refractivity (Wildman–Crippen MR) is 74.7 cm³/mol. The van der Waals surface area contributed by atoms with Gasteiger partial charge in [0, 0.05) is 6.07 Å². The molecular weight excluding hydrogens is 258 g/mol. The molecule has 0 saturated heterocycles. The van der Waals surface area contributed by atoms with Crippen LogP contribution in [0.3, 0.4) is 0 Å². The number of aliphatic hydroxyl groups excluding tert-OH is 1. The highest BCUT2D eigenvalue weighted by atomic mass is 16.6. The molecular formula is C15H15NO4. The number of aryl methyl sites for hydroxylation is 1. The normalized spacial score (nSPS) is 11.9. The fourth-order valence-corrected chi connectivity index (χ4v) is 1.83. The van der Waals surface area contributed by atoms with Crippen molar-refractivity contribution in [2.45, 2.75) is 13.0 Å². The maximum Gasteiger partial charge on any atom is 0.310 e. The molecule has 0 amide bonds. The Labute approximate surface area is 116 Å². The van der Waals surface area contributed by atoms with Crippen LogP contribution in [0.15, 0.2) is 48.5 Å². The highest BCUT2D eigenvalue weighted by Crippen LogP contribution is 2.28. The molecule has 5 heteroatoms. The van der Waals surface area contributed by atoms with E-state index in [1.165, 1.54) is 6.07 Å². The van der Waals surface area contributed by atoms with Crippen LogP contribution in [0.4, 0.5) is 5.69 Å². The number of nitro benzene ring substituents is 1. The molecule has 0 aliphatic rings. The predicted octanol–water partition coefficient (Wildman–Crippen LogP) is 3.02. The molecule has 1 unspecified atom stereocenters. The summed E-state index contributed by atoms with van der Waals surface area (Å²) in [4.78, 5) is 10.4. The smallest absolute Gasteiger partial charge is 0.310 e. The maximum atomic E-state index is 10.9. The second kappa shape index (κ2) is 6.16. The minimum absolute atomic E-state index is 0.0334. The van der Waals surface area contributed by atoms with Crippen molar-refractivity contribution in [3.8, 4) is 5.75 Å². The summed E-state index contributed by atoms with van der Waals surface area (Å²) >= 11 is 0. The second-order valence-corrected chi connectivity index (χ2v) is 4.47. The van der Waals surface area contributed by atoms with Crippen molar-refractivity contribution in [1.82, 2.24) is 0 Å². The number of nitro groups is 1. The molecule has 20 heavy (non-hydrogen) atoms. The summed E-state index contributed by atoms with van der Waals surface area (Å²) in [7, 11) is 0. The summed E-state index contributed by atoms with van der Waals surface area (Å²) in [6.07, 6.45) is -0.823. The molecule has 2 aromatic rings. The van der Waals surface area contributed by atoms with Crippen LogP contribution in [0.1, 0.15) is 17.2 Å². The van der Waals surface area contributed by atoms with Crippen molar-refractivity contribution >= 4 is 5.69 Å². The average molecular weight is 273 g/mol. The van der Waals surface area contributed by atoms with Gasteiger partial charge in [-0.3, -0.25) is 10.1 Å². The standard InChI is InChI=1S/C15H15NO4/c1-11-7-8-13(16(18)19)15(9-11)20-10-14(17)12-5-3-2-4-6-12/h2-9,14,17H,10H2,1H3. The molecule has 0 saturated carbocycles. The summed E-state index contributed by atoms with van der Waals surface area (Å²) in [6, 6.07) is 13.7. The molecule has 0 spiro atoms. The second-order valence-electron chi connectivity index (χ2n) is 4.47. The lowest BCUT2D eigenvalue weighted by atomic mass is 10.1. The minimum atomic E-state index is -0.823. The van der Waals surface area contributed by atoms with E-state index in [4.69, 9.17) is 4.74 Å². The first-order chi connectivity index (χ1) is 9.58. The summed E-state index contributed by atoms with van der Waals surface area (Å²) < 4.78 is 5.40. The van der Waals surface area contributed by atoms with Gasteiger partial charge in [0.05, 0.1) is 4.92 Å². The number of hydrogen-bond acceptors (Lipinski definition) is 4. The van der Waals surface area contributed by atoms with E-state index >= 15 is 0 Å². The van der Waals surface area contributed by atoms with Gasteiger partial charge in [0.15, 0.2) is 5.75 Å². The number of benzene rings is 2. The SMILES string of the molecule is Cc1ccc([N+](=O)[O-])c(OCC(O)c2ccccc2)c1. The highest BCUT2D eigenvalue weighted by molar-refractivity contribution is 5.48. The average Bonchev–Trinajstić information content (AvgIpc) is 2.45. The Morgan fingerprint density at radius 3 is 2.60 bits per heavy atom. The van der Waals surface area contributed by atoms with Gasteiger partial charge < -0.3 is 9.84 Å². The Bertz CT molecular complexity index is 598. The monoisotopic (exact) mass is 273 g/mol. The molecule has 0 heterocycles. The van der Waals surface area contributed by atoms with Gasteiger partial charge in [-0.2, -0.15) is 0 Å². The number of rotatable bonds is 5. The van der Waals surface area contributed by atoms with Crippen LogP contribution in [-0.2, 0) is 0 Å². The zero-order chi connectivity index (χ0) is 14.5. The Balaban J connectivity index is 2.11. The number of nitrogens with zero attached hydrogens (tertiary/aromatic N) is 1. The fraction of sp³-hybridized carbons (Fsp3) is 0.200. The van der Waals surface area contributed by atoms with Gasteiger partial charge in [-0.15, -0.1) is 0 Å². The Kier molecular flexibility index (Phi) is 4.32. The molecule has 5 nitrogen and oxygen atoms in total. The Morgan fingerprint density at radius 1 is 1.25 bits per heavy atom. The largest absolute Gasteiger partial charge is 0.484 e. The van der Waals surface area contributed by atoms with Crippen molar-refractivity contribution < 1.29 is 14.8 Å². The van der Waals surface area contributed by atoms with Gasteiger partial charge in [-0.1, -0.05) is 36.4 Å². The lowest BCUT2D eigenvalue weighted by Gasteiger charge is -2.13. The van der Waals surface area contributed by atoms with Gasteiger partial charge >= 0.3 is 5.69 Å². The molecule has 1 atom stereocenters. The van der Waals surface area contributed by atoms with Crippen LogP contribution in [0.25, 0.3) is 0 Å². The van der Waals surface area contributed by atoms with Crippen molar-refractivity contribution in [1.29, 1.82) is 0 Å². The third-order valence-corrected chi connectivity index (χ3v) is 2.89. The Hall–Kier alpha value is -2.40. The quantitative estimate of drug-likeness (QED) is 0.671. The molecule has 0 radical (unpaired) electrons. The minimum Gasteiger partial charge on any atom is -0.484 e. The molecule has 0 aliphatic heterocycles. The van der Waals surface area contributed by atoms with Crippen molar-refractivity contribution in [2.24, 2.45) is 0 Å². The highest BCUT2D eigenvalue weighted by Gasteiger charge is 2.16. The first-order valence-corrected chi connectivity index (χ1v) is 6.19. The van der Waals surface area contributed by atoms with Crippen LogP contribution in [0.5, 0.6) is 5.75 Å². The van der Waals surface area contributed by atoms with E-state index < -0.39 is 11.0 Å². The maximum absolute atomic E-state index is 10.9. The number of aliphatic hydroxyl groups is 1. The van der Waals surface area contributed by atoms with E-state index in [2.05, 4.69) is 0 Å². The topological polar surface area (TPSA) is 72.6 Å². The molecule has 104 valence electrons. The first-order valence-electron chi connectivity index (χ1n) is 6.19. The van der Waals surface area contributed by atoms with E-state index in [9.17, 15) is 15.2 Å². The number of hydrogen-bond donors (Lipinski definition) is 1. The first kappa shape index (κ1) is 14.0.